The molecule has 0 atom stereocenters. The molecule has 0 amide bonds. The van der Waals surface area contributed by atoms with Gasteiger partial charge in [0, 0.05) is 26.2 Å². The molecule has 1 fully saturated rings. The number of carboxylic acids is 1. The monoisotopic (exact) mass is 388 g/mol. The lowest BCUT2D eigenvalue weighted by molar-refractivity contribution is 0.0696. The van der Waals surface area contributed by atoms with Crippen molar-refractivity contribution >= 4 is 16.0 Å². The van der Waals surface area contributed by atoms with Crippen LogP contribution in [0.15, 0.2) is 53.4 Å². The number of carboxylic acid groups (broad SMARTS) is 1. The van der Waals surface area contributed by atoms with Gasteiger partial charge in [0.1, 0.15) is 0 Å². The first-order chi connectivity index (χ1) is 12.9. The third-order valence-electron chi connectivity index (χ3n) is 4.87. The topological polar surface area (TPSA) is 77.9 Å². The van der Waals surface area contributed by atoms with Gasteiger partial charge in [-0.1, -0.05) is 36.4 Å². The van der Waals surface area contributed by atoms with Gasteiger partial charge in [-0.25, -0.2) is 13.2 Å². The predicted octanol–water partition coefficient (Wildman–Crippen LogP) is 2.59. The number of rotatable bonds is 5. The Bertz CT molecular complexity index is 913. The summed E-state index contributed by atoms with van der Waals surface area (Å²) in [6.07, 6.45) is 0.740. The second-order valence-electron chi connectivity index (χ2n) is 6.80. The van der Waals surface area contributed by atoms with Gasteiger partial charge in [0.25, 0.3) is 0 Å². The van der Waals surface area contributed by atoms with E-state index in [4.69, 9.17) is 0 Å². The summed E-state index contributed by atoms with van der Waals surface area (Å²) in [6.45, 7) is 4.76. The number of sulfonamides is 1. The van der Waals surface area contributed by atoms with E-state index in [9.17, 15) is 18.3 Å². The third kappa shape index (κ3) is 4.55. The highest BCUT2D eigenvalue weighted by Gasteiger charge is 2.28. The molecule has 2 aromatic carbocycles. The molecule has 0 radical (unpaired) electrons. The summed E-state index contributed by atoms with van der Waals surface area (Å²) in [5, 5.41) is 9.27. The second kappa shape index (κ2) is 8.21. The van der Waals surface area contributed by atoms with Crippen LogP contribution in [-0.2, 0) is 16.6 Å². The van der Waals surface area contributed by atoms with Crippen LogP contribution in [0.3, 0.4) is 0 Å². The maximum absolute atomic E-state index is 13.0. The Hall–Kier alpha value is -2.22. The number of hydrogen-bond donors (Lipinski definition) is 1. The van der Waals surface area contributed by atoms with Gasteiger partial charge in [0.05, 0.1) is 10.5 Å². The highest BCUT2D eigenvalue weighted by molar-refractivity contribution is 7.89. The molecule has 1 aliphatic rings. The molecule has 6 nitrogen and oxygen atoms in total. The fraction of sp³-hybridized carbons (Fsp3) is 0.350. The molecule has 7 heteroatoms. The SMILES string of the molecule is Cc1ccc(S(=O)(=O)N2CCCN(Cc3ccccc3)CC2)cc1C(=O)O. The molecule has 0 unspecified atom stereocenters. The van der Waals surface area contributed by atoms with E-state index < -0.39 is 16.0 Å². The van der Waals surface area contributed by atoms with Crippen LogP contribution in [0.25, 0.3) is 0 Å². The molecule has 0 saturated carbocycles. The zero-order chi connectivity index (χ0) is 19.4. The fourth-order valence-electron chi connectivity index (χ4n) is 3.33. The first-order valence-corrected chi connectivity index (χ1v) is 10.4. The van der Waals surface area contributed by atoms with Crippen molar-refractivity contribution in [1.29, 1.82) is 0 Å². The third-order valence-corrected chi connectivity index (χ3v) is 6.77. The molecular formula is C20H24N2O4S. The number of aryl methyl sites for hydroxylation is 1. The van der Waals surface area contributed by atoms with E-state index in [1.54, 1.807) is 13.0 Å². The van der Waals surface area contributed by atoms with Gasteiger partial charge in [-0.05, 0) is 43.1 Å². The van der Waals surface area contributed by atoms with Crippen LogP contribution in [0.4, 0.5) is 0 Å². The summed E-state index contributed by atoms with van der Waals surface area (Å²) in [5.74, 6) is -1.12. The minimum atomic E-state index is -3.71. The van der Waals surface area contributed by atoms with E-state index in [1.165, 1.54) is 22.0 Å². The van der Waals surface area contributed by atoms with Gasteiger partial charge < -0.3 is 5.11 Å². The largest absolute Gasteiger partial charge is 0.478 e. The lowest BCUT2D eigenvalue weighted by atomic mass is 10.1. The van der Waals surface area contributed by atoms with Crippen LogP contribution in [0.2, 0.25) is 0 Å². The molecule has 0 aromatic heterocycles. The van der Waals surface area contributed by atoms with Crippen molar-refractivity contribution in [2.45, 2.75) is 24.8 Å². The average Bonchev–Trinajstić information content (AvgIpc) is 2.88. The Kier molecular flexibility index (Phi) is 5.94. The molecular weight excluding hydrogens is 364 g/mol. The summed E-state index contributed by atoms with van der Waals surface area (Å²) >= 11 is 0. The van der Waals surface area contributed by atoms with E-state index in [2.05, 4.69) is 17.0 Å². The maximum Gasteiger partial charge on any atom is 0.335 e. The second-order valence-corrected chi connectivity index (χ2v) is 8.74. The quantitative estimate of drug-likeness (QED) is 0.852. The number of carbonyl (C=O) groups is 1. The molecule has 0 aliphatic carbocycles. The summed E-state index contributed by atoms with van der Waals surface area (Å²) in [6, 6.07) is 14.4. The number of aromatic carboxylic acids is 1. The first kappa shape index (κ1) is 19.5. The normalized spacial score (nSPS) is 16.8. The highest BCUT2D eigenvalue weighted by Crippen LogP contribution is 2.21. The van der Waals surface area contributed by atoms with Crippen LogP contribution in [0.1, 0.15) is 27.9 Å². The molecule has 0 bridgehead atoms. The van der Waals surface area contributed by atoms with Crippen molar-refractivity contribution < 1.29 is 18.3 Å². The summed E-state index contributed by atoms with van der Waals surface area (Å²) in [4.78, 5) is 13.6. The smallest absolute Gasteiger partial charge is 0.335 e. The Labute approximate surface area is 160 Å². The van der Waals surface area contributed by atoms with Gasteiger partial charge in [-0.2, -0.15) is 4.31 Å². The average molecular weight is 388 g/mol. The van der Waals surface area contributed by atoms with Gasteiger partial charge in [0.15, 0.2) is 0 Å². The molecule has 27 heavy (non-hydrogen) atoms. The zero-order valence-electron chi connectivity index (χ0n) is 15.3. The van der Waals surface area contributed by atoms with Crippen molar-refractivity contribution in [3.8, 4) is 0 Å². The van der Waals surface area contributed by atoms with Crippen LogP contribution >= 0.6 is 0 Å². The van der Waals surface area contributed by atoms with E-state index in [0.29, 0.717) is 25.2 Å². The minimum Gasteiger partial charge on any atom is -0.478 e. The van der Waals surface area contributed by atoms with Crippen molar-refractivity contribution in [3.05, 3.63) is 65.2 Å². The van der Waals surface area contributed by atoms with Gasteiger partial charge >= 0.3 is 5.97 Å². The fourth-order valence-corrected chi connectivity index (χ4v) is 4.82. The van der Waals surface area contributed by atoms with Crippen LogP contribution in [-0.4, -0.2) is 54.9 Å². The Balaban J connectivity index is 1.74. The number of hydrogen-bond acceptors (Lipinski definition) is 4. The van der Waals surface area contributed by atoms with Crippen molar-refractivity contribution in [2.24, 2.45) is 0 Å². The lowest BCUT2D eigenvalue weighted by Crippen LogP contribution is -2.35. The molecule has 144 valence electrons. The van der Waals surface area contributed by atoms with Crippen LogP contribution in [0.5, 0.6) is 0 Å². The van der Waals surface area contributed by atoms with Crippen molar-refractivity contribution in [2.75, 3.05) is 26.2 Å². The minimum absolute atomic E-state index is 0.0246. The molecule has 3 rings (SSSR count). The summed E-state index contributed by atoms with van der Waals surface area (Å²) in [5.41, 5.74) is 1.78. The zero-order valence-corrected chi connectivity index (χ0v) is 16.2. The predicted molar refractivity (Wildman–Crippen MR) is 103 cm³/mol. The Morgan fingerprint density at radius 1 is 1.04 bits per heavy atom. The number of benzene rings is 2. The standard InChI is InChI=1S/C20H24N2O4S/c1-16-8-9-18(14-19(16)20(23)24)27(25,26)22-11-5-10-21(12-13-22)15-17-6-3-2-4-7-17/h2-4,6-9,14H,5,10-13,15H2,1H3,(H,23,24). The molecule has 1 N–H and O–H groups in total. The Morgan fingerprint density at radius 3 is 2.48 bits per heavy atom. The van der Waals surface area contributed by atoms with Crippen LogP contribution < -0.4 is 0 Å². The number of nitrogens with zero attached hydrogens (tertiary/aromatic N) is 2. The maximum atomic E-state index is 13.0. The Morgan fingerprint density at radius 2 is 1.78 bits per heavy atom. The van der Waals surface area contributed by atoms with E-state index >= 15 is 0 Å². The van der Waals surface area contributed by atoms with E-state index in [-0.39, 0.29) is 10.5 Å². The first-order valence-electron chi connectivity index (χ1n) is 8.98. The molecule has 1 aliphatic heterocycles. The van der Waals surface area contributed by atoms with Crippen molar-refractivity contribution in [1.82, 2.24) is 9.21 Å². The summed E-state index contributed by atoms with van der Waals surface area (Å²) in [7, 11) is -3.71. The van der Waals surface area contributed by atoms with E-state index in [0.717, 1.165) is 19.5 Å². The lowest BCUT2D eigenvalue weighted by Gasteiger charge is -2.22. The van der Waals surface area contributed by atoms with Crippen molar-refractivity contribution in [3.63, 3.8) is 0 Å². The van der Waals surface area contributed by atoms with Crippen LogP contribution in [0, 0.1) is 6.92 Å². The molecule has 2 aromatic rings. The molecule has 1 saturated heterocycles. The van der Waals surface area contributed by atoms with Gasteiger partial charge in [-0.3, -0.25) is 4.90 Å². The molecule has 1 heterocycles. The highest BCUT2D eigenvalue weighted by atomic mass is 32.2. The van der Waals surface area contributed by atoms with Gasteiger partial charge in [-0.15, -0.1) is 0 Å². The van der Waals surface area contributed by atoms with E-state index in [1.807, 2.05) is 18.2 Å². The van der Waals surface area contributed by atoms with Gasteiger partial charge in [0.2, 0.25) is 10.0 Å². The molecule has 0 spiro atoms. The summed E-state index contributed by atoms with van der Waals surface area (Å²) < 4.78 is 27.5.